The second kappa shape index (κ2) is 7.61. The Labute approximate surface area is 141 Å². The predicted octanol–water partition coefficient (Wildman–Crippen LogP) is 0.903. The van der Waals surface area contributed by atoms with Crippen LogP contribution in [-0.2, 0) is 4.74 Å². The highest BCUT2D eigenvalue weighted by Crippen LogP contribution is 2.33. The molecule has 2 aliphatic rings. The lowest BCUT2D eigenvalue weighted by Crippen LogP contribution is -2.36. The van der Waals surface area contributed by atoms with E-state index in [1.807, 2.05) is 0 Å². The fraction of sp³-hybridized carbons (Fsp3) is 0.611. The van der Waals surface area contributed by atoms with E-state index in [-0.39, 0.29) is 18.6 Å². The van der Waals surface area contributed by atoms with Crippen LogP contribution < -0.4 is 5.32 Å². The molecule has 1 saturated heterocycles. The van der Waals surface area contributed by atoms with Gasteiger partial charge in [-0.3, -0.25) is 4.79 Å². The highest BCUT2D eigenvalue weighted by molar-refractivity contribution is 5.94. The van der Waals surface area contributed by atoms with Crippen molar-refractivity contribution in [3.63, 3.8) is 0 Å². The molecule has 0 bridgehead atoms. The molecule has 1 aliphatic carbocycles. The van der Waals surface area contributed by atoms with Crippen molar-refractivity contribution in [2.75, 3.05) is 6.61 Å². The third-order valence-electron chi connectivity index (χ3n) is 4.98. The molecular formula is C18H25NO5. The molecule has 0 radical (unpaired) electrons. The standard InChI is InChI=1S/C18H25NO5/c20-10-14-15(21)16(22)17(24-14)11-6-8-12(9-7-11)18(23)19-13-4-2-1-3-5-13/h6-9,13-17,20-22H,1-5,10H2,(H,19,23)/t14-,15-,16-,17+/m1/s1. The molecule has 1 aromatic carbocycles. The van der Waals surface area contributed by atoms with Crippen LogP contribution in [0.25, 0.3) is 0 Å². The van der Waals surface area contributed by atoms with Gasteiger partial charge in [-0.15, -0.1) is 0 Å². The zero-order valence-corrected chi connectivity index (χ0v) is 13.6. The van der Waals surface area contributed by atoms with Crippen LogP contribution in [-0.4, -0.2) is 52.2 Å². The van der Waals surface area contributed by atoms with Gasteiger partial charge in [0.2, 0.25) is 0 Å². The van der Waals surface area contributed by atoms with E-state index in [2.05, 4.69) is 5.32 Å². The third kappa shape index (κ3) is 3.62. The number of carbonyl (C=O) groups is 1. The van der Waals surface area contributed by atoms with Gasteiger partial charge in [0.1, 0.15) is 24.4 Å². The molecule has 2 fully saturated rings. The van der Waals surface area contributed by atoms with E-state index in [0.717, 1.165) is 25.7 Å². The van der Waals surface area contributed by atoms with Gasteiger partial charge in [0.25, 0.3) is 5.91 Å². The van der Waals surface area contributed by atoms with Gasteiger partial charge < -0.3 is 25.4 Å². The topological polar surface area (TPSA) is 99.0 Å². The number of nitrogens with one attached hydrogen (secondary N) is 1. The van der Waals surface area contributed by atoms with Crippen LogP contribution >= 0.6 is 0 Å². The molecule has 4 N–H and O–H groups in total. The van der Waals surface area contributed by atoms with Gasteiger partial charge in [-0.1, -0.05) is 31.4 Å². The van der Waals surface area contributed by atoms with Crippen LogP contribution in [0, 0.1) is 0 Å². The van der Waals surface area contributed by atoms with E-state index < -0.39 is 24.4 Å². The van der Waals surface area contributed by atoms with Crippen molar-refractivity contribution in [3.8, 4) is 0 Å². The number of aliphatic hydroxyl groups is 3. The van der Waals surface area contributed by atoms with E-state index in [1.165, 1.54) is 6.42 Å². The number of hydrogen-bond acceptors (Lipinski definition) is 5. The van der Waals surface area contributed by atoms with Gasteiger partial charge in [-0.25, -0.2) is 0 Å². The maximum atomic E-state index is 12.3. The predicted molar refractivity (Wildman–Crippen MR) is 87.5 cm³/mol. The Balaban J connectivity index is 1.63. The van der Waals surface area contributed by atoms with E-state index in [9.17, 15) is 15.0 Å². The average molecular weight is 335 g/mol. The molecule has 1 aromatic rings. The summed E-state index contributed by atoms with van der Waals surface area (Å²) in [6, 6.07) is 7.09. The second-order valence-corrected chi connectivity index (χ2v) is 6.69. The molecule has 132 valence electrons. The van der Waals surface area contributed by atoms with Gasteiger partial charge >= 0.3 is 0 Å². The fourth-order valence-corrected chi connectivity index (χ4v) is 3.51. The van der Waals surface area contributed by atoms with Crippen molar-refractivity contribution >= 4 is 5.91 Å². The summed E-state index contributed by atoms with van der Waals surface area (Å²) >= 11 is 0. The first-order chi connectivity index (χ1) is 11.6. The summed E-state index contributed by atoms with van der Waals surface area (Å²) in [5, 5.41) is 32.1. The van der Waals surface area contributed by atoms with Crippen molar-refractivity contribution < 1.29 is 24.9 Å². The minimum Gasteiger partial charge on any atom is -0.394 e. The molecule has 0 aromatic heterocycles. The van der Waals surface area contributed by atoms with E-state index in [0.29, 0.717) is 11.1 Å². The molecule has 6 heteroatoms. The molecule has 4 atom stereocenters. The largest absolute Gasteiger partial charge is 0.394 e. The number of ether oxygens (including phenoxy) is 1. The normalized spacial score (nSPS) is 31.1. The highest BCUT2D eigenvalue weighted by atomic mass is 16.6. The summed E-state index contributed by atoms with van der Waals surface area (Å²) in [6.07, 6.45) is 1.93. The summed E-state index contributed by atoms with van der Waals surface area (Å²) < 4.78 is 5.49. The smallest absolute Gasteiger partial charge is 0.251 e. The first-order valence-corrected chi connectivity index (χ1v) is 8.63. The number of carbonyl (C=O) groups excluding carboxylic acids is 1. The Kier molecular flexibility index (Phi) is 5.50. The minimum atomic E-state index is -1.12. The Hall–Kier alpha value is -1.47. The molecular weight excluding hydrogens is 310 g/mol. The van der Waals surface area contributed by atoms with Crippen molar-refractivity contribution in [2.24, 2.45) is 0 Å². The summed E-state index contributed by atoms with van der Waals surface area (Å²) in [5.41, 5.74) is 1.24. The van der Waals surface area contributed by atoms with E-state index >= 15 is 0 Å². The molecule has 1 amide bonds. The van der Waals surface area contributed by atoms with Crippen LogP contribution in [0.1, 0.15) is 54.1 Å². The molecule has 0 spiro atoms. The molecule has 24 heavy (non-hydrogen) atoms. The number of rotatable bonds is 4. The van der Waals surface area contributed by atoms with Gasteiger partial charge in [0.15, 0.2) is 0 Å². The zero-order valence-electron chi connectivity index (χ0n) is 13.6. The lowest BCUT2D eigenvalue weighted by molar-refractivity contribution is -0.0227. The average Bonchev–Trinajstić information content (AvgIpc) is 2.91. The van der Waals surface area contributed by atoms with Crippen LogP contribution in [0.4, 0.5) is 0 Å². The lowest BCUT2D eigenvalue weighted by atomic mass is 9.95. The van der Waals surface area contributed by atoms with Gasteiger partial charge in [-0.2, -0.15) is 0 Å². The zero-order chi connectivity index (χ0) is 17.1. The Bertz CT molecular complexity index is 555. The second-order valence-electron chi connectivity index (χ2n) is 6.69. The van der Waals surface area contributed by atoms with Crippen LogP contribution in [0.15, 0.2) is 24.3 Å². The third-order valence-corrected chi connectivity index (χ3v) is 4.98. The maximum absolute atomic E-state index is 12.3. The van der Waals surface area contributed by atoms with Crippen molar-refractivity contribution in [1.29, 1.82) is 0 Å². The molecule has 0 unspecified atom stereocenters. The van der Waals surface area contributed by atoms with E-state index in [1.54, 1.807) is 24.3 Å². The minimum absolute atomic E-state index is 0.0883. The fourth-order valence-electron chi connectivity index (χ4n) is 3.51. The Morgan fingerprint density at radius 1 is 1.08 bits per heavy atom. The van der Waals surface area contributed by atoms with Crippen LogP contribution in [0.3, 0.4) is 0 Å². The number of amides is 1. The molecule has 1 heterocycles. The molecule has 1 aliphatic heterocycles. The summed E-state index contributed by atoms with van der Waals surface area (Å²) in [5.74, 6) is -0.0883. The highest BCUT2D eigenvalue weighted by Gasteiger charge is 2.42. The van der Waals surface area contributed by atoms with Crippen LogP contribution in [0.5, 0.6) is 0 Å². The first kappa shape index (κ1) is 17.4. The van der Waals surface area contributed by atoms with Gasteiger partial charge in [0, 0.05) is 11.6 Å². The van der Waals surface area contributed by atoms with Crippen molar-refractivity contribution in [3.05, 3.63) is 35.4 Å². The quantitative estimate of drug-likeness (QED) is 0.655. The van der Waals surface area contributed by atoms with E-state index in [4.69, 9.17) is 9.84 Å². The SMILES string of the molecule is O=C(NC1CCCCC1)c1ccc([C@@H]2O[C@H](CO)[C@@H](O)[C@H]2O)cc1. The molecule has 1 saturated carbocycles. The monoisotopic (exact) mass is 335 g/mol. The number of benzene rings is 1. The van der Waals surface area contributed by atoms with Crippen LogP contribution in [0.2, 0.25) is 0 Å². The number of hydrogen-bond donors (Lipinski definition) is 4. The van der Waals surface area contributed by atoms with Gasteiger partial charge in [-0.05, 0) is 30.5 Å². The number of aliphatic hydroxyl groups excluding tert-OH is 3. The molecule has 6 nitrogen and oxygen atoms in total. The lowest BCUT2D eigenvalue weighted by Gasteiger charge is -2.23. The molecule has 3 rings (SSSR count). The Morgan fingerprint density at radius 3 is 2.33 bits per heavy atom. The van der Waals surface area contributed by atoms with Gasteiger partial charge in [0.05, 0.1) is 6.61 Å². The van der Waals surface area contributed by atoms with Crippen molar-refractivity contribution in [2.45, 2.75) is 62.6 Å². The summed E-state index contributed by atoms with van der Waals surface area (Å²) in [6.45, 7) is -0.351. The first-order valence-electron chi connectivity index (χ1n) is 8.63. The Morgan fingerprint density at radius 2 is 1.75 bits per heavy atom. The van der Waals surface area contributed by atoms with Crippen molar-refractivity contribution in [1.82, 2.24) is 5.32 Å². The summed E-state index contributed by atoms with van der Waals surface area (Å²) in [4.78, 5) is 12.3. The maximum Gasteiger partial charge on any atom is 0.251 e. The summed E-state index contributed by atoms with van der Waals surface area (Å²) in [7, 11) is 0.